The summed E-state index contributed by atoms with van der Waals surface area (Å²) < 4.78 is 7.53. The first-order valence-corrected chi connectivity index (χ1v) is 7.41. The molecule has 9 heteroatoms. The van der Waals surface area contributed by atoms with E-state index < -0.39 is 0 Å². The van der Waals surface area contributed by atoms with Gasteiger partial charge in [-0.1, -0.05) is 15.8 Å². The summed E-state index contributed by atoms with van der Waals surface area (Å²) in [6.45, 7) is 0.185. The van der Waals surface area contributed by atoms with Crippen LogP contribution in [0, 0.1) is 19.5 Å². The van der Waals surface area contributed by atoms with Crippen LogP contribution in [0.15, 0.2) is 17.2 Å². The smallest absolute Gasteiger partial charge is 0.263 e. The van der Waals surface area contributed by atoms with E-state index in [0.29, 0.717) is 5.75 Å². The normalized spacial score (nSPS) is 10.7. The topological polar surface area (TPSA) is 91.2 Å². The van der Waals surface area contributed by atoms with Crippen LogP contribution in [0.4, 0.5) is 5.95 Å². The van der Waals surface area contributed by atoms with E-state index in [0.717, 1.165) is 17.5 Å². The highest BCUT2D eigenvalue weighted by Crippen LogP contribution is 2.27. The van der Waals surface area contributed by atoms with Crippen molar-refractivity contribution in [1.82, 2.24) is 20.3 Å². The van der Waals surface area contributed by atoms with Gasteiger partial charge in [0.1, 0.15) is 12.4 Å². The number of aromatic nitrogens is 4. The molecule has 1 aromatic heterocycles. The molecule has 1 aromatic carbocycles. The van der Waals surface area contributed by atoms with Crippen molar-refractivity contribution >= 4 is 57.3 Å². The molecule has 0 fully saturated rings. The molecule has 0 saturated carbocycles. The Morgan fingerprint density at radius 2 is 2.30 bits per heavy atom. The van der Waals surface area contributed by atoms with Crippen molar-refractivity contribution in [2.75, 3.05) is 12.3 Å². The van der Waals surface area contributed by atoms with Gasteiger partial charge in [0.2, 0.25) is 0 Å². The van der Waals surface area contributed by atoms with E-state index in [-0.39, 0.29) is 12.6 Å². The van der Waals surface area contributed by atoms with Crippen LogP contribution < -0.4 is 10.5 Å². The molecule has 2 N–H and O–H groups in total. The quantitative estimate of drug-likeness (QED) is 0.394. The molecule has 20 heavy (non-hydrogen) atoms. The van der Waals surface area contributed by atoms with E-state index in [1.807, 2.05) is 12.1 Å². The van der Waals surface area contributed by atoms with Crippen molar-refractivity contribution in [2.45, 2.75) is 0 Å². The number of terminal acetylenes is 1. The van der Waals surface area contributed by atoms with Crippen molar-refractivity contribution in [3.05, 3.63) is 24.8 Å². The van der Waals surface area contributed by atoms with Crippen LogP contribution in [0.3, 0.4) is 0 Å². The Morgan fingerprint density at radius 3 is 2.95 bits per heavy atom. The van der Waals surface area contributed by atoms with Gasteiger partial charge in [-0.2, -0.15) is 5.10 Å². The van der Waals surface area contributed by atoms with Gasteiger partial charge in [0, 0.05) is 9.13 Å². The van der Waals surface area contributed by atoms with Gasteiger partial charge >= 0.3 is 0 Å². The summed E-state index contributed by atoms with van der Waals surface area (Å²) in [5.41, 5.74) is 6.30. The van der Waals surface area contributed by atoms with E-state index in [1.54, 1.807) is 6.21 Å². The summed E-state index contributed by atoms with van der Waals surface area (Å²) in [6.07, 6.45) is 6.79. The van der Waals surface area contributed by atoms with Gasteiger partial charge in [-0.05, 0) is 67.7 Å². The molecule has 0 aliphatic heterocycles. The fourth-order valence-corrected chi connectivity index (χ4v) is 3.38. The van der Waals surface area contributed by atoms with Crippen LogP contribution in [-0.2, 0) is 0 Å². The SMILES string of the molecule is C#CCOc1c(I)cc(I)cc1/C=N\n1nnnc1N. The molecule has 0 atom stereocenters. The molecule has 0 radical (unpaired) electrons. The number of ether oxygens (including phenoxy) is 1. The zero-order valence-electron chi connectivity index (χ0n) is 9.99. The zero-order valence-corrected chi connectivity index (χ0v) is 14.3. The third kappa shape index (κ3) is 3.57. The molecule has 1 heterocycles. The molecular weight excluding hydrogens is 486 g/mol. The largest absolute Gasteiger partial charge is 0.479 e. The fraction of sp³-hybridized carbons (Fsp3) is 0.0909. The van der Waals surface area contributed by atoms with Crippen LogP contribution in [0.2, 0.25) is 0 Å². The predicted octanol–water partition coefficient (Wildman–Crippen LogP) is 1.36. The van der Waals surface area contributed by atoms with Gasteiger partial charge < -0.3 is 10.5 Å². The highest BCUT2D eigenvalue weighted by atomic mass is 127. The second kappa shape index (κ2) is 6.84. The molecule has 0 aliphatic rings. The molecule has 0 bridgehead atoms. The minimum Gasteiger partial charge on any atom is -0.479 e. The van der Waals surface area contributed by atoms with Crippen LogP contribution in [0.25, 0.3) is 0 Å². The Balaban J connectivity index is 2.37. The van der Waals surface area contributed by atoms with E-state index in [1.165, 1.54) is 0 Å². The number of anilines is 1. The van der Waals surface area contributed by atoms with Crippen LogP contribution >= 0.6 is 45.2 Å². The molecule has 0 saturated heterocycles. The maximum absolute atomic E-state index is 5.54. The average Bonchev–Trinajstić information content (AvgIpc) is 2.80. The molecule has 0 spiro atoms. The van der Waals surface area contributed by atoms with E-state index in [2.05, 4.69) is 71.7 Å². The summed E-state index contributed by atoms with van der Waals surface area (Å²) >= 11 is 4.39. The van der Waals surface area contributed by atoms with Crippen molar-refractivity contribution < 1.29 is 4.74 Å². The molecule has 0 amide bonds. The second-order valence-corrected chi connectivity index (χ2v) is 5.88. The number of rotatable bonds is 4. The van der Waals surface area contributed by atoms with Gasteiger partial charge in [0.15, 0.2) is 0 Å². The predicted molar refractivity (Wildman–Crippen MR) is 91.4 cm³/mol. The minimum absolute atomic E-state index is 0.104. The van der Waals surface area contributed by atoms with Crippen molar-refractivity contribution in [1.29, 1.82) is 0 Å². The third-order valence-corrected chi connectivity index (χ3v) is 3.54. The maximum Gasteiger partial charge on any atom is 0.263 e. The number of nitrogens with two attached hydrogens (primary N) is 1. The summed E-state index contributed by atoms with van der Waals surface area (Å²) in [6, 6.07) is 3.90. The molecule has 102 valence electrons. The number of hydrogen-bond donors (Lipinski definition) is 1. The minimum atomic E-state index is 0.104. The first kappa shape index (κ1) is 15.0. The van der Waals surface area contributed by atoms with E-state index in [4.69, 9.17) is 16.9 Å². The summed E-state index contributed by atoms with van der Waals surface area (Å²) in [7, 11) is 0. The monoisotopic (exact) mass is 494 g/mol. The number of benzene rings is 1. The first-order valence-electron chi connectivity index (χ1n) is 5.25. The lowest BCUT2D eigenvalue weighted by atomic mass is 10.2. The van der Waals surface area contributed by atoms with Crippen LogP contribution in [0.5, 0.6) is 5.75 Å². The molecule has 2 aromatic rings. The summed E-state index contributed by atoms with van der Waals surface area (Å²) in [4.78, 5) is 1.12. The standard InChI is InChI=1S/C11H8I2N6O/c1-2-3-20-10-7(4-8(12)5-9(10)13)6-15-19-11(14)16-17-18-19/h1,4-6H,3H2,(H2,14,16,18)/b15-6-. The molecule has 2 rings (SSSR count). The van der Waals surface area contributed by atoms with Crippen molar-refractivity contribution in [3.8, 4) is 18.1 Å². The van der Waals surface area contributed by atoms with Crippen molar-refractivity contribution in [2.24, 2.45) is 5.10 Å². The highest BCUT2D eigenvalue weighted by Gasteiger charge is 2.09. The molecule has 7 nitrogen and oxygen atoms in total. The third-order valence-electron chi connectivity index (χ3n) is 2.12. The Hall–Kier alpha value is -1.42. The number of hydrogen-bond acceptors (Lipinski definition) is 6. The number of nitrogens with zero attached hydrogens (tertiary/aromatic N) is 5. The van der Waals surface area contributed by atoms with E-state index >= 15 is 0 Å². The van der Waals surface area contributed by atoms with Gasteiger partial charge in [-0.15, -0.1) is 6.42 Å². The molecular formula is C11H8I2N6O. The second-order valence-electron chi connectivity index (χ2n) is 3.47. The first-order chi connectivity index (χ1) is 9.61. The zero-order chi connectivity index (χ0) is 14.5. The number of halogens is 2. The van der Waals surface area contributed by atoms with E-state index in [9.17, 15) is 0 Å². The Kier molecular flexibility index (Phi) is 5.12. The molecule has 0 unspecified atom stereocenters. The lowest BCUT2D eigenvalue weighted by Gasteiger charge is -2.09. The maximum atomic E-state index is 5.54. The average molecular weight is 494 g/mol. The van der Waals surface area contributed by atoms with Crippen LogP contribution in [-0.4, -0.2) is 33.1 Å². The Bertz CT molecular complexity index is 691. The Morgan fingerprint density at radius 1 is 1.50 bits per heavy atom. The Labute approximate surface area is 142 Å². The van der Waals surface area contributed by atoms with Gasteiger partial charge in [-0.25, -0.2) is 0 Å². The van der Waals surface area contributed by atoms with Crippen molar-refractivity contribution in [3.63, 3.8) is 0 Å². The summed E-state index contributed by atoms with van der Waals surface area (Å²) in [5.74, 6) is 3.20. The number of nitrogen functional groups attached to an aromatic ring is 1. The lowest BCUT2D eigenvalue weighted by Crippen LogP contribution is -2.03. The number of tetrazole rings is 1. The lowest BCUT2D eigenvalue weighted by molar-refractivity contribution is 0.367. The van der Waals surface area contributed by atoms with Gasteiger partial charge in [0.25, 0.3) is 5.95 Å². The fourth-order valence-electron chi connectivity index (χ4n) is 1.33. The molecule has 0 aliphatic carbocycles. The highest BCUT2D eigenvalue weighted by molar-refractivity contribution is 14.1. The summed E-state index contributed by atoms with van der Waals surface area (Å²) in [5, 5.41) is 14.6. The van der Waals surface area contributed by atoms with Crippen LogP contribution in [0.1, 0.15) is 5.56 Å². The van der Waals surface area contributed by atoms with Gasteiger partial charge in [-0.3, -0.25) is 0 Å². The van der Waals surface area contributed by atoms with Gasteiger partial charge in [0.05, 0.1) is 9.78 Å².